The molecular weight excluding hydrogens is 559 g/mol. The van der Waals surface area contributed by atoms with Crippen LogP contribution in [0.2, 0.25) is 10.0 Å². The van der Waals surface area contributed by atoms with Crippen molar-refractivity contribution in [3.8, 4) is 0 Å². The second-order valence-electron chi connectivity index (χ2n) is 9.69. The maximum Gasteiger partial charge on any atom is 0.339 e. The Bertz CT molecular complexity index is 1530. The highest BCUT2D eigenvalue weighted by atomic mass is 35.5. The van der Waals surface area contributed by atoms with Gasteiger partial charge in [-0.05, 0) is 55.3 Å². The number of urea groups is 1. The highest BCUT2D eigenvalue weighted by Crippen LogP contribution is 2.35. The number of amides is 3. The fourth-order valence-electron chi connectivity index (χ4n) is 5.08. The summed E-state index contributed by atoms with van der Waals surface area (Å²) in [4.78, 5) is 32.4. The number of para-hydroxylation sites is 1. The largest absolute Gasteiger partial charge is 0.368 e. The molecule has 2 saturated heterocycles. The van der Waals surface area contributed by atoms with Gasteiger partial charge < -0.3 is 9.80 Å². The summed E-state index contributed by atoms with van der Waals surface area (Å²) in [5, 5.41) is -0.116. The summed E-state index contributed by atoms with van der Waals surface area (Å²) in [6.45, 7) is 5.93. The zero-order chi connectivity index (χ0) is 27.9. The van der Waals surface area contributed by atoms with Gasteiger partial charge in [-0.1, -0.05) is 59.6 Å². The van der Waals surface area contributed by atoms with Gasteiger partial charge in [0.2, 0.25) is 5.91 Å². The van der Waals surface area contributed by atoms with Crippen molar-refractivity contribution in [2.24, 2.45) is 0 Å². The van der Waals surface area contributed by atoms with E-state index in [-0.39, 0.29) is 27.4 Å². The van der Waals surface area contributed by atoms with Crippen LogP contribution in [0.4, 0.5) is 16.2 Å². The van der Waals surface area contributed by atoms with Gasteiger partial charge in [0.15, 0.2) is 0 Å². The maximum absolute atomic E-state index is 13.9. The summed E-state index contributed by atoms with van der Waals surface area (Å²) in [7, 11) is -4.39. The van der Waals surface area contributed by atoms with Crippen molar-refractivity contribution in [1.29, 1.82) is 0 Å². The fraction of sp³-hybridized carbons (Fsp3) is 0.286. The fourth-order valence-corrected chi connectivity index (χ4v) is 7.18. The lowest BCUT2D eigenvalue weighted by atomic mass is 10.1. The molecule has 2 aliphatic rings. The minimum absolute atomic E-state index is 0.0543. The Balaban J connectivity index is 1.42. The minimum atomic E-state index is -4.39. The van der Waals surface area contributed by atoms with E-state index in [0.717, 1.165) is 16.8 Å². The van der Waals surface area contributed by atoms with E-state index in [1.54, 1.807) is 35.2 Å². The van der Waals surface area contributed by atoms with Crippen LogP contribution >= 0.6 is 23.2 Å². The molecule has 0 bridgehead atoms. The number of benzene rings is 3. The molecule has 0 spiro atoms. The normalized spacial score (nSPS) is 18.2. The average Bonchev–Trinajstić information content (AvgIpc) is 3.29. The van der Waals surface area contributed by atoms with Crippen LogP contribution in [-0.2, 0) is 14.8 Å². The number of rotatable bonds is 5. The van der Waals surface area contributed by atoms with Crippen LogP contribution in [0.15, 0.2) is 71.6 Å². The van der Waals surface area contributed by atoms with Crippen molar-refractivity contribution in [3.63, 3.8) is 0 Å². The van der Waals surface area contributed by atoms with Gasteiger partial charge in [-0.25, -0.2) is 17.5 Å². The summed E-state index contributed by atoms with van der Waals surface area (Å²) >= 11 is 12.3. The average molecular weight is 588 g/mol. The molecule has 2 heterocycles. The van der Waals surface area contributed by atoms with Gasteiger partial charge in [-0.2, -0.15) is 0 Å². The van der Waals surface area contributed by atoms with E-state index in [9.17, 15) is 18.0 Å². The van der Waals surface area contributed by atoms with E-state index in [4.69, 9.17) is 23.2 Å². The Morgan fingerprint density at radius 2 is 1.59 bits per heavy atom. The van der Waals surface area contributed by atoms with Gasteiger partial charge in [0, 0.05) is 37.6 Å². The Morgan fingerprint density at radius 3 is 2.28 bits per heavy atom. The molecule has 3 aromatic rings. The smallest absolute Gasteiger partial charge is 0.339 e. The Hall–Kier alpha value is -3.27. The third-order valence-corrected chi connectivity index (χ3v) is 9.88. The Labute approximate surface area is 238 Å². The van der Waals surface area contributed by atoms with E-state index >= 15 is 0 Å². The van der Waals surface area contributed by atoms with Gasteiger partial charge in [0.1, 0.15) is 10.9 Å². The standard InChI is InChI=1S/C28H28Cl2N4O4S/c1-19-11-12-20(2)23(17-19)31-13-15-32(16-14-31)27(35)24-18-33(28(36)34(24)21-7-4-3-5-8-21)39(37,38)25-10-6-9-22(29)26(25)30/h3-12,17,24H,13-16,18H2,1-2H3. The first-order valence-corrected chi connectivity index (χ1v) is 14.7. The molecule has 0 N–H and O–H groups in total. The van der Waals surface area contributed by atoms with Crippen molar-refractivity contribution in [2.75, 3.05) is 42.5 Å². The minimum Gasteiger partial charge on any atom is -0.368 e. The lowest BCUT2D eigenvalue weighted by Crippen LogP contribution is -2.55. The van der Waals surface area contributed by atoms with Crippen LogP contribution in [0.5, 0.6) is 0 Å². The number of sulfonamides is 1. The van der Waals surface area contributed by atoms with Crippen LogP contribution in [0.25, 0.3) is 0 Å². The topological polar surface area (TPSA) is 81.2 Å². The van der Waals surface area contributed by atoms with Crippen molar-refractivity contribution in [2.45, 2.75) is 24.8 Å². The summed E-state index contributed by atoms with van der Waals surface area (Å²) in [5.74, 6) is -0.303. The first-order valence-electron chi connectivity index (χ1n) is 12.6. The molecular formula is C28H28Cl2N4O4S. The lowest BCUT2D eigenvalue weighted by molar-refractivity contribution is -0.132. The molecule has 3 aromatic carbocycles. The van der Waals surface area contributed by atoms with Gasteiger partial charge in [-0.3, -0.25) is 9.69 Å². The molecule has 11 heteroatoms. The number of carbonyl (C=O) groups is 2. The number of carbonyl (C=O) groups excluding carboxylic acids is 2. The zero-order valence-electron chi connectivity index (χ0n) is 21.5. The van der Waals surface area contributed by atoms with Gasteiger partial charge in [0.05, 0.1) is 16.6 Å². The van der Waals surface area contributed by atoms with E-state index in [1.165, 1.54) is 23.1 Å². The Kier molecular flexibility index (Phi) is 7.50. The van der Waals surface area contributed by atoms with Crippen molar-refractivity contribution < 1.29 is 18.0 Å². The number of anilines is 2. The number of piperazine rings is 1. The van der Waals surface area contributed by atoms with Crippen LogP contribution in [-0.4, -0.2) is 68.3 Å². The molecule has 0 radical (unpaired) electrons. The summed E-state index contributed by atoms with van der Waals surface area (Å²) in [6, 6.07) is 17.3. The Morgan fingerprint density at radius 1 is 0.897 bits per heavy atom. The van der Waals surface area contributed by atoms with Crippen LogP contribution in [0.1, 0.15) is 11.1 Å². The predicted octanol–water partition coefficient (Wildman–Crippen LogP) is 4.96. The lowest BCUT2D eigenvalue weighted by Gasteiger charge is -2.38. The molecule has 0 aromatic heterocycles. The second kappa shape index (κ2) is 10.7. The van der Waals surface area contributed by atoms with E-state index in [2.05, 4.69) is 30.0 Å². The summed E-state index contributed by atoms with van der Waals surface area (Å²) in [5.41, 5.74) is 3.90. The predicted molar refractivity (Wildman–Crippen MR) is 153 cm³/mol. The number of hydrogen-bond donors (Lipinski definition) is 0. The van der Waals surface area contributed by atoms with Gasteiger partial charge in [-0.15, -0.1) is 0 Å². The first kappa shape index (κ1) is 27.3. The van der Waals surface area contributed by atoms with E-state index in [0.29, 0.717) is 36.2 Å². The van der Waals surface area contributed by atoms with E-state index < -0.39 is 22.1 Å². The van der Waals surface area contributed by atoms with Crippen molar-refractivity contribution >= 4 is 56.5 Å². The first-order chi connectivity index (χ1) is 18.6. The number of nitrogens with zero attached hydrogens (tertiary/aromatic N) is 4. The molecule has 8 nitrogen and oxygen atoms in total. The SMILES string of the molecule is Cc1ccc(C)c(N2CCN(C(=O)C3CN(S(=O)(=O)c4cccc(Cl)c4Cl)C(=O)N3c3ccccc3)CC2)c1. The molecule has 2 aliphatic heterocycles. The molecule has 39 heavy (non-hydrogen) atoms. The summed E-state index contributed by atoms with van der Waals surface area (Å²) < 4.78 is 27.9. The molecule has 204 valence electrons. The quantitative estimate of drug-likeness (QED) is 0.422. The molecule has 2 fully saturated rings. The molecule has 0 aliphatic carbocycles. The molecule has 0 saturated carbocycles. The van der Waals surface area contributed by atoms with Crippen LogP contribution in [0.3, 0.4) is 0 Å². The molecule has 1 atom stereocenters. The zero-order valence-corrected chi connectivity index (χ0v) is 23.9. The summed E-state index contributed by atoms with van der Waals surface area (Å²) in [6.07, 6.45) is 0. The van der Waals surface area contributed by atoms with Crippen LogP contribution in [0, 0.1) is 13.8 Å². The third-order valence-electron chi connectivity index (χ3n) is 7.17. The van der Waals surface area contributed by atoms with Gasteiger partial charge >= 0.3 is 6.03 Å². The number of aryl methyl sites for hydroxylation is 2. The number of halogens is 2. The molecule has 5 rings (SSSR count). The van der Waals surface area contributed by atoms with Crippen molar-refractivity contribution in [3.05, 3.63) is 87.9 Å². The maximum atomic E-state index is 13.9. The van der Waals surface area contributed by atoms with Crippen molar-refractivity contribution in [1.82, 2.24) is 9.21 Å². The second-order valence-corrected chi connectivity index (χ2v) is 12.3. The number of hydrogen-bond acceptors (Lipinski definition) is 5. The third kappa shape index (κ3) is 5.06. The highest BCUT2D eigenvalue weighted by Gasteiger charge is 2.49. The van der Waals surface area contributed by atoms with Gasteiger partial charge in [0.25, 0.3) is 10.0 Å². The van der Waals surface area contributed by atoms with E-state index in [1.807, 2.05) is 6.92 Å². The molecule has 1 unspecified atom stereocenters. The molecule has 3 amide bonds. The monoisotopic (exact) mass is 586 g/mol. The van der Waals surface area contributed by atoms with Crippen LogP contribution < -0.4 is 9.80 Å². The highest BCUT2D eigenvalue weighted by molar-refractivity contribution is 7.89.